The Labute approximate surface area is 149 Å². The second-order valence-corrected chi connectivity index (χ2v) is 8.20. The summed E-state index contributed by atoms with van der Waals surface area (Å²) in [4.78, 5) is 12.9. The molecule has 0 aromatic heterocycles. The lowest BCUT2D eigenvalue weighted by Crippen LogP contribution is -2.23. The zero-order valence-corrected chi connectivity index (χ0v) is 15.6. The van der Waals surface area contributed by atoms with Crippen molar-refractivity contribution in [3.8, 4) is 0 Å². The van der Waals surface area contributed by atoms with Crippen LogP contribution in [0, 0.1) is 0 Å². The van der Waals surface area contributed by atoms with Crippen molar-refractivity contribution in [1.29, 1.82) is 0 Å². The molecule has 0 saturated carbocycles. The summed E-state index contributed by atoms with van der Waals surface area (Å²) in [6.07, 6.45) is 1.65. The molecule has 0 heterocycles. The Balaban J connectivity index is 2.16. The maximum Gasteiger partial charge on any atom is 0.242 e. The van der Waals surface area contributed by atoms with Crippen LogP contribution in [-0.2, 0) is 14.8 Å². The topological polar surface area (TPSA) is 66.5 Å². The van der Waals surface area contributed by atoms with Crippen LogP contribution in [-0.4, -0.2) is 32.7 Å². The maximum atomic E-state index is 12.7. The molecule has 0 unspecified atom stereocenters. The highest BCUT2D eigenvalue weighted by atomic mass is 32.2. The number of rotatable bonds is 7. The number of sulfonamides is 1. The lowest BCUT2D eigenvalue weighted by atomic mass is 9.93. The van der Waals surface area contributed by atoms with Crippen LogP contribution in [0.2, 0.25) is 0 Å². The summed E-state index contributed by atoms with van der Waals surface area (Å²) in [5.41, 5.74) is 1.56. The first-order valence-corrected chi connectivity index (χ1v) is 9.68. The van der Waals surface area contributed by atoms with E-state index in [0.29, 0.717) is 5.69 Å². The molecule has 134 valence electrons. The van der Waals surface area contributed by atoms with Crippen molar-refractivity contribution in [3.05, 3.63) is 60.2 Å². The Morgan fingerprint density at radius 3 is 2.16 bits per heavy atom. The second-order valence-electron chi connectivity index (χ2n) is 6.05. The summed E-state index contributed by atoms with van der Waals surface area (Å²) >= 11 is 0. The van der Waals surface area contributed by atoms with Gasteiger partial charge >= 0.3 is 0 Å². The Morgan fingerprint density at radius 1 is 1.04 bits per heavy atom. The molecule has 1 amide bonds. The van der Waals surface area contributed by atoms with Crippen molar-refractivity contribution in [2.75, 3.05) is 19.4 Å². The van der Waals surface area contributed by atoms with Gasteiger partial charge in [0.05, 0.1) is 10.8 Å². The van der Waals surface area contributed by atoms with Gasteiger partial charge in [-0.15, -0.1) is 0 Å². The Hall–Kier alpha value is -2.18. The number of carbonyl (C=O) groups is 1. The van der Waals surface area contributed by atoms with Gasteiger partial charge in [0.25, 0.3) is 0 Å². The lowest BCUT2D eigenvalue weighted by molar-refractivity contribution is -0.117. The summed E-state index contributed by atoms with van der Waals surface area (Å²) in [5.74, 6) is -0.312. The van der Waals surface area contributed by atoms with E-state index in [2.05, 4.69) is 5.32 Å². The van der Waals surface area contributed by atoms with Crippen molar-refractivity contribution >= 4 is 21.6 Å². The summed E-state index contributed by atoms with van der Waals surface area (Å²) in [5, 5.41) is 2.89. The molecule has 0 aliphatic heterocycles. The fraction of sp³-hybridized carbons (Fsp3) is 0.316. The van der Waals surface area contributed by atoms with Gasteiger partial charge in [-0.05, 0) is 36.2 Å². The van der Waals surface area contributed by atoms with Crippen molar-refractivity contribution < 1.29 is 13.2 Å². The molecule has 1 atom stereocenters. The zero-order valence-electron chi connectivity index (χ0n) is 14.8. The molecule has 0 fully saturated rings. The third-order valence-electron chi connectivity index (χ3n) is 4.00. The van der Waals surface area contributed by atoms with E-state index < -0.39 is 10.0 Å². The minimum absolute atomic E-state index is 0.0868. The van der Waals surface area contributed by atoms with Gasteiger partial charge in [0.15, 0.2) is 0 Å². The summed E-state index contributed by atoms with van der Waals surface area (Å²) in [6.45, 7) is 2.05. The van der Waals surface area contributed by atoms with Gasteiger partial charge in [-0.1, -0.05) is 43.7 Å². The van der Waals surface area contributed by atoms with E-state index in [1.165, 1.54) is 26.2 Å². The first-order chi connectivity index (χ1) is 11.9. The molecular formula is C19H24N2O3S. The molecular weight excluding hydrogens is 336 g/mol. The van der Waals surface area contributed by atoms with Crippen LogP contribution in [0.1, 0.15) is 31.2 Å². The predicted octanol–water partition coefficient (Wildman–Crippen LogP) is 3.46. The van der Waals surface area contributed by atoms with Gasteiger partial charge in [0.2, 0.25) is 15.9 Å². The van der Waals surface area contributed by atoms with E-state index >= 15 is 0 Å². The zero-order chi connectivity index (χ0) is 18.4. The molecule has 1 N–H and O–H groups in total. The number of benzene rings is 2. The van der Waals surface area contributed by atoms with E-state index in [1.807, 2.05) is 37.3 Å². The molecule has 0 spiro atoms. The van der Waals surface area contributed by atoms with Crippen molar-refractivity contribution in [3.63, 3.8) is 0 Å². The molecule has 25 heavy (non-hydrogen) atoms. The maximum absolute atomic E-state index is 12.7. The van der Waals surface area contributed by atoms with Gasteiger partial charge in [0.1, 0.15) is 0 Å². The monoisotopic (exact) mass is 360 g/mol. The normalized spacial score (nSPS) is 12.8. The highest BCUT2D eigenvalue weighted by molar-refractivity contribution is 7.89. The second kappa shape index (κ2) is 8.27. The van der Waals surface area contributed by atoms with E-state index in [1.54, 1.807) is 12.1 Å². The fourth-order valence-corrected chi connectivity index (χ4v) is 3.48. The molecule has 0 aliphatic carbocycles. The number of hydrogen-bond donors (Lipinski definition) is 1. The van der Waals surface area contributed by atoms with Crippen LogP contribution in [0.3, 0.4) is 0 Å². The van der Waals surface area contributed by atoms with Gasteiger partial charge < -0.3 is 5.32 Å². The Bertz CT molecular complexity index is 800. The van der Waals surface area contributed by atoms with Gasteiger partial charge in [0, 0.05) is 19.8 Å². The molecule has 0 radical (unpaired) electrons. The molecule has 5 nitrogen and oxygen atoms in total. The largest absolute Gasteiger partial charge is 0.326 e. The average molecular weight is 360 g/mol. The Morgan fingerprint density at radius 2 is 1.64 bits per heavy atom. The number of nitrogens with zero attached hydrogens (tertiary/aromatic N) is 1. The van der Waals surface area contributed by atoms with E-state index in [4.69, 9.17) is 0 Å². The van der Waals surface area contributed by atoms with Crippen LogP contribution >= 0.6 is 0 Å². The molecule has 0 aliphatic rings. The summed E-state index contributed by atoms with van der Waals surface area (Å²) in [6, 6.07) is 15.9. The summed E-state index contributed by atoms with van der Waals surface area (Å²) < 4.78 is 25.3. The van der Waals surface area contributed by atoms with E-state index in [-0.39, 0.29) is 16.7 Å². The number of amides is 1. The first-order valence-electron chi connectivity index (χ1n) is 8.24. The van der Waals surface area contributed by atoms with Crippen molar-refractivity contribution in [1.82, 2.24) is 4.31 Å². The smallest absolute Gasteiger partial charge is 0.242 e. The van der Waals surface area contributed by atoms with Crippen LogP contribution in [0.25, 0.3) is 0 Å². The van der Waals surface area contributed by atoms with Gasteiger partial charge in [-0.25, -0.2) is 12.7 Å². The number of carbonyl (C=O) groups excluding carboxylic acids is 1. The van der Waals surface area contributed by atoms with Crippen molar-refractivity contribution in [2.24, 2.45) is 0 Å². The Kier molecular flexibility index (Phi) is 6.33. The predicted molar refractivity (Wildman–Crippen MR) is 100 cm³/mol. The molecule has 2 aromatic carbocycles. The number of nitrogens with one attached hydrogen (secondary N) is 1. The minimum Gasteiger partial charge on any atom is -0.326 e. The van der Waals surface area contributed by atoms with Crippen LogP contribution in [0.4, 0.5) is 5.69 Å². The fourth-order valence-electron chi connectivity index (χ4n) is 2.57. The minimum atomic E-state index is -3.47. The number of hydrogen-bond acceptors (Lipinski definition) is 3. The SMILES string of the molecule is CCC[C@@H](C(=O)Nc1ccc(S(=O)(=O)N(C)C)cc1)c1ccccc1. The lowest BCUT2D eigenvalue weighted by Gasteiger charge is -2.17. The molecule has 6 heteroatoms. The summed E-state index contributed by atoms with van der Waals surface area (Å²) in [7, 11) is -0.497. The molecule has 0 saturated heterocycles. The molecule has 2 rings (SSSR count). The quantitative estimate of drug-likeness (QED) is 0.822. The van der Waals surface area contributed by atoms with Crippen LogP contribution in [0.5, 0.6) is 0 Å². The highest BCUT2D eigenvalue weighted by Gasteiger charge is 2.20. The molecule has 0 bridgehead atoms. The first kappa shape index (κ1) is 19.1. The van der Waals surface area contributed by atoms with E-state index in [9.17, 15) is 13.2 Å². The van der Waals surface area contributed by atoms with Gasteiger partial charge in [-0.2, -0.15) is 0 Å². The highest BCUT2D eigenvalue weighted by Crippen LogP contribution is 2.24. The van der Waals surface area contributed by atoms with E-state index in [0.717, 1.165) is 22.7 Å². The third-order valence-corrected chi connectivity index (χ3v) is 5.83. The van der Waals surface area contributed by atoms with Crippen molar-refractivity contribution in [2.45, 2.75) is 30.6 Å². The van der Waals surface area contributed by atoms with Crippen LogP contribution in [0.15, 0.2) is 59.5 Å². The van der Waals surface area contributed by atoms with Gasteiger partial charge in [-0.3, -0.25) is 4.79 Å². The standard InChI is InChI=1S/C19H24N2O3S/c1-4-8-18(15-9-6-5-7-10-15)19(22)20-16-11-13-17(14-12-16)25(23,24)21(2)3/h5-7,9-14,18H,4,8H2,1-3H3,(H,20,22)/t18-/m1/s1. The average Bonchev–Trinajstić information content (AvgIpc) is 2.60. The third kappa shape index (κ3) is 4.67. The molecule has 2 aromatic rings. The number of anilines is 1. The van der Waals surface area contributed by atoms with Crippen LogP contribution < -0.4 is 5.32 Å².